The van der Waals surface area contributed by atoms with Crippen molar-refractivity contribution < 1.29 is 14.7 Å². The molecule has 2 amide bonds. The molecule has 1 aromatic carbocycles. The molecule has 0 spiro atoms. The predicted molar refractivity (Wildman–Crippen MR) is 80.9 cm³/mol. The largest absolute Gasteiger partial charge is 0.396 e. The fourth-order valence-electron chi connectivity index (χ4n) is 2.45. The first-order valence-corrected chi connectivity index (χ1v) is 7.32. The van der Waals surface area contributed by atoms with Gasteiger partial charge in [0.05, 0.1) is 0 Å². The number of hydrogen-bond donors (Lipinski definition) is 2. The summed E-state index contributed by atoms with van der Waals surface area (Å²) in [6.07, 6.45) is 0.749. The fourth-order valence-corrected chi connectivity index (χ4v) is 2.45. The molecule has 2 N–H and O–H groups in total. The number of aliphatic hydroxyl groups excluding tert-OH is 1. The first kappa shape index (κ1) is 15.5. The van der Waals surface area contributed by atoms with E-state index in [0.29, 0.717) is 24.7 Å². The van der Waals surface area contributed by atoms with Crippen LogP contribution < -0.4 is 5.32 Å². The standard InChI is InChI=1S/C16H22N2O3/c1-11(2)13-3-5-14(6-4-13)17-15(20)16(21)18-8-7-12(9-18)10-19/h3-6,11-12,19H,7-10H2,1-2H3,(H,17,20). The lowest BCUT2D eigenvalue weighted by molar-refractivity contribution is -0.142. The van der Waals surface area contributed by atoms with E-state index < -0.39 is 11.8 Å². The molecule has 0 aliphatic carbocycles. The summed E-state index contributed by atoms with van der Waals surface area (Å²) in [5.41, 5.74) is 1.81. The Morgan fingerprint density at radius 1 is 1.33 bits per heavy atom. The van der Waals surface area contributed by atoms with Gasteiger partial charge >= 0.3 is 11.8 Å². The molecule has 0 radical (unpaired) electrons. The molecule has 0 bridgehead atoms. The highest BCUT2D eigenvalue weighted by Crippen LogP contribution is 2.18. The van der Waals surface area contributed by atoms with Crippen molar-refractivity contribution in [3.8, 4) is 0 Å². The van der Waals surface area contributed by atoms with Crippen molar-refractivity contribution in [2.75, 3.05) is 25.0 Å². The van der Waals surface area contributed by atoms with Gasteiger partial charge in [-0.05, 0) is 30.0 Å². The summed E-state index contributed by atoms with van der Waals surface area (Å²) in [5, 5.41) is 11.7. The zero-order chi connectivity index (χ0) is 15.4. The van der Waals surface area contributed by atoms with E-state index in [9.17, 15) is 9.59 Å². The number of likely N-dealkylation sites (tertiary alicyclic amines) is 1. The Balaban J connectivity index is 1.93. The highest BCUT2D eigenvalue weighted by atomic mass is 16.3. The fraction of sp³-hybridized carbons (Fsp3) is 0.500. The third-order valence-corrected chi connectivity index (χ3v) is 3.86. The number of hydrogen-bond acceptors (Lipinski definition) is 3. The smallest absolute Gasteiger partial charge is 0.313 e. The van der Waals surface area contributed by atoms with Crippen LogP contribution >= 0.6 is 0 Å². The SMILES string of the molecule is CC(C)c1ccc(NC(=O)C(=O)N2CCC(CO)C2)cc1. The lowest BCUT2D eigenvalue weighted by atomic mass is 10.0. The quantitative estimate of drug-likeness (QED) is 0.831. The van der Waals surface area contributed by atoms with E-state index in [1.807, 2.05) is 12.1 Å². The van der Waals surface area contributed by atoms with Crippen molar-refractivity contribution in [1.29, 1.82) is 0 Å². The summed E-state index contributed by atoms with van der Waals surface area (Å²) in [7, 11) is 0. The van der Waals surface area contributed by atoms with Gasteiger partial charge in [-0.15, -0.1) is 0 Å². The number of benzene rings is 1. The average Bonchev–Trinajstić information content (AvgIpc) is 2.95. The van der Waals surface area contributed by atoms with Gasteiger partial charge < -0.3 is 15.3 Å². The van der Waals surface area contributed by atoms with E-state index in [1.165, 1.54) is 10.5 Å². The number of rotatable bonds is 3. The minimum Gasteiger partial charge on any atom is -0.396 e. The van der Waals surface area contributed by atoms with Crippen LogP contribution in [0, 0.1) is 5.92 Å². The normalized spacial score (nSPS) is 18.1. The molecule has 1 saturated heterocycles. The second-order valence-corrected chi connectivity index (χ2v) is 5.82. The van der Waals surface area contributed by atoms with Gasteiger partial charge in [0.2, 0.25) is 0 Å². The van der Waals surface area contributed by atoms with E-state index in [2.05, 4.69) is 19.2 Å². The molecule has 0 aromatic heterocycles. The maximum atomic E-state index is 12.0. The zero-order valence-electron chi connectivity index (χ0n) is 12.5. The maximum absolute atomic E-state index is 12.0. The second kappa shape index (κ2) is 6.72. The Bertz CT molecular complexity index is 511. The van der Waals surface area contributed by atoms with Crippen LogP contribution in [0.3, 0.4) is 0 Å². The summed E-state index contributed by atoms with van der Waals surface area (Å²) in [6, 6.07) is 7.51. The molecule has 1 aromatic rings. The number of nitrogens with zero attached hydrogens (tertiary/aromatic N) is 1. The minimum atomic E-state index is -0.620. The van der Waals surface area contributed by atoms with Crippen LogP contribution in [-0.2, 0) is 9.59 Å². The Hall–Kier alpha value is -1.88. The molecule has 5 heteroatoms. The number of nitrogens with one attached hydrogen (secondary N) is 1. The van der Waals surface area contributed by atoms with Crippen molar-refractivity contribution in [1.82, 2.24) is 4.90 Å². The van der Waals surface area contributed by atoms with Crippen LogP contribution in [0.1, 0.15) is 31.7 Å². The van der Waals surface area contributed by atoms with E-state index in [4.69, 9.17) is 5.11 Å². The molecule has 1 atom stereocenters. The summed E-state index contributed by atoms with van der Waals surface area (Å²) in [4.78, 5) is 25.5. The van der Waals surface area contributed by atoms with Gasteiger partial charge in [-0.2, -0.15) is 0 Å². The van der Waals surface area contributed by atoms with Gasteiger partial charge in [0.15, 0.2) is 0 Å². The third kappa shape index (κ3) is 3.82. The number of carbonyl (C=O) groups excluding carboxylic acids is 2. The molecule has 1 aliphatic rings. The molecule has 1 fully saturated rings. The number of amides is 2. The van der Waals surface area contributed by atoms with Crippen molar-refractivity contribution in [3.63, 3.8) is 0 Å². The van der Waals surface area contributed by atoms with Crippen LogP contribution in [0.4, 0.5) is 5.69 Å². The Kier molecular flexibility index (Phi) is 4.96. The van der Waals surface area contributed by atoms with Crippen molar-refractivity contribution in [3.05, 3.63) is 29.8 Å². The van der Waals surface area contributed by atoms with E-state index in [-0.39, 0.29) is 12.5 Å². The van der Waals surface area contributed by atoms with Gasteiger partial charge in [0.1, 0.15) is 0 Å². The zero-order valence-corrected chi connectivity index (χ0v) is 12.5. The van der Waals surface area contributed by atoms with Crippen molar-refractivity contribution in [2.24, 2.45) is 5.92 Å². The number of carbonyl (C=O) groups is 2. The molecule has 0 saturated carbocycles. The van der Waals surface area contributed by atoms with Crippen LogP contribution in [0.15, 0.2) is 24.3 Å². The highest BCUT2D eigenvalue weighted by molar-refractivity contribution is 6.39. The summed E-state index contributed by atoms with van der Waals surface area (Å²) >= 11 is 0. The van der Waals surface area contributed by atoms with Crippen molar-refractivity contribution in [2.45, 2.75) is 26.2 Å². The second-order valence-electron chi connectivity index (χ2n) is 5.82. The minimum absolute atomic E-state index is 0.0576. The summed E-state index contributed by atoms with van der Waals surface area (Å²) in [6.45, 7) is 5.24. The first-order chi connectivity index (χ1) is 10.0. The van der Waals surface area contributed by atoms with E-state index >= 15 is 0 Å². The van der Waals surface area contributed by atoms with Crippen LogP contribution in [0.5, 0.6) is 0 Å². The van der Waals surface area contributed by atoms with Gasteiger partial charge in [0.25, 0.3) is 0 Å². The predicted octanol–water partition coefficient (Wildman–Crippen LogP) is 1.59. The molecule has 2 rings (SSSR count). The van der Waals surface area contributed by atoms with Gasteiger partial charge in [0, 0.05) is 31.3 Å². The molecule has 1 heterocycles. The molecule has 1 aliphatic heterocycles. The Morgan fingerprint density at radius 3 is 2.52 bits per heavy atom. The van der Waals surface area contributed by atoms with Gasteiger partial charge in [-0.1, -0.05) is 26.0 Å². The summed E-state index contributed by atoms with van der Waals surface area (Å²) < 4.78 is 0. The monoisotopic (exact) mass is 290 g/mol. The highest BCUT2D eigenvalue weighted by Gasteiger charge is 2.29. The Labute approximate surface area is 125 Å². The maximum Gasteiger partial charge on any atom is 0.313 e. The lowest BCUT2D eigenvalue weighted by Gasteiger charge is -2.15. The number of anilines is 1. The molecule has 21 heavy (non-hydrogen) atoms. The van der Waals surface area contributed by atoms with Gasteiger partial charge in [-0.25, -0.2) is 0 Å². The van der Waals surface area contributed by atoms with Gasteiger partial charge in [-0.3, -0.25) is 9.59 Å². The van der Waals surface area contributed by atoms with Crippen LogP contribution in [-0.4, -0.2) is 41.5 Å². The van der Waals surface area contributed by atoms with Crippen molar-refractivity contribution >= 4 is 17.5 Å². The first-order valence-electron chi connectivity index (χ1n) is 7.32. The van der Waals surface area contributed by atoms with Crippen LogP contribution in [0.25, 0.3) is 0 Å². The molecular weight excluding hydrogens is 268 g/mol. The third-order valence-electron chi connectivity index (χ3n) is 3.86. The average molecular weight is 290 g/mol. The molecule has 114 valence electrons. The number of aliphatic hydroxyl groups is 1. The lowest BCUT2D eigenvalue weighted by Crippen LogP contribution is -2.38. The van der Waals surface area contributed by atoms with Crippen LogP contribution in [0.2, 0.25) is 0 Å². The molecular formula is C16H22N2O3. The molecule has 5 nitrogen and oxygen atoms in total. The summed E-state index contributed by atoms with van der Waals surface area (Å²) in [5.74, 6) is -0.631. The molecule has 1 unspecified atom stereocenters. The van der Waals surface area contributed by atoms with E-state index in [0.717, 1.165) is 6.42 Å². The Morgan fingerprint density at radius 2 is 2.00 bits per heavy atom. The topological polar surface area (TPSA) is 69.6 Å². The van der Waals surface area contributed by atoms with E-state index in [1.54, 1.807) is 12.1 Å².